The van der Waals surface area contributed by atoms with E-state index in [4.69, 9.17) is 16.9 Å². The van der Waals surface area contributed by atoms with E-state index >= 15 is 0 Å². The van der Waals surface area contributed by atoms with Crippen molar-refractivity contribution in [2.24, 2.45) is 0 Å². The molecule has 4 aromatic carbocycles. The van der Waals surface area contributed by atoms with Gasteiger partial charge in [0.2, 0.25) is 5.28 Å². The monoisotopic (exact) mass is 1110 g/mol. The predicted octanol–water partition coefficient (Wildman–Crippen LogP) is 16.2. The van der Waals surface area contributed by atoms with E-state index in [9.17, 15) is 8.78 Å². The zero-order valence-electron chi connectivity index (χ0n) is 48.0. The minimum atomic E-state index is -0.614. The number of aromatic nitrogens is 14. The Hall–Kier alpha value is -8.75. The number of benzene rings is 4. The molecule has 0 unspecified atom stereocenters. The third kappa shape index (κ3) is 14.7. The zero-order chi connectivity index (χ0) is 58.5. The van der Waals surface area contributed by atoms with Gasteiger partial charge < -0.3 is 15.0 Å². The van der Waals surface area contributed by atoms with E-state index in [2.05, 4.69) is 156 Å². The molecule has 0 bridgehead atoms. The lowest BCUT2D eigenvalue weighted by Crippen LogP contribution is -1.96. The summed E-state index contributed by atoms with van der Waals surface area (Å²) in [4.78, 5) is 53.5. The Labute approximate surface area is 475 Å². The van der Waals surface area contributed by atoms with E-state index in [1.165, 1.54) is 23.6 Å². The number of imidazole rings is 3. The van der Waals surface area contributed by atoms with E-state index in [-0.39, 0.29) is 17.7 Å². The number of nitrogens with zero attached hydrogens (tertiary/aromatic N) is 12. The number of hydrogen-bond acceptors (Lipinski definition) is 12. The largest absolute Gasteiger partial charge is 0.339 e. The van der Waals surface area contributed by atoms with E-state index in [1.807, 2.05) is 101 Å². The molecule has 0 saturated heterocycles. The molecular weight excluding hydrogens is 1040 g/mol. The fraction of sp³-hybridized carbons (Fsp3) is 0.302. The van der Waals surface area contributed by atoms with Crippen LogP contribution in [0.25, 0.3) is 66.1 Å². The molecule has 0 amide bonds. The van der Waals surface area contributed by atoms with Crippen molar-refractivity contribution >= 4 is 77.7 Å². The van der Waals surface area contributed by atoms with Crippen LogP contribution >= 0.6 is 11.6 Å². The van der Waals surface area contributed by atoms with Crippen LogP contribution in [0, 0.1) is 30.2 Å². The lowest BCUT2D eigenvalue weighted by atomic mass is 9.95. The molecule has 18 heteroatoms. The second kappa shape index (κ2) is 27.4. The fourth-order valence-electron chi connectivity index (χ4n) is 9.26. The summed E-state index contributed by atoms with van der Waals surface area (Å²) in [6.45, 7) is 26.9. The van der Waals surface area contributed by atoms with Gasteiger partial charge in [-0.15, -0.1) is 0 Å². The maximum Gasteiger partial charge on any atom is 0.289 e. The van der Waals surface area contributed by atoms with Gasteiger partial charge >= 0.3 is 0 Å². The molecule has 416 valence electrons. The third-order valence-electron chi connectivity index (χ3n) is 13.0. The first-order valence-corrected chi connectivity index (χ1v) is 27.3. The van der Waals surface area contributed by atoms with Gasteiger partial charge in [-0.25, -0.2) is 39.3 Å². The Morgan fingerprint density at radius 3 is 1.52 bits per heavy atom. The van der Waals surface area contributed by atoms with Crippen LogP contribution < -0.4 is 0 Å². The molecule has 8 aromatic heterocycles. The number of H-pyrrole nitrogens is 3. The number of hydrogen-bond donors (Lipinski definition) is 3. The molecule has 81 heavy (non-hydrogen) atoms. The van der Waals surface area contributed by atoms with Crippen molar-refractivity contribution in [1.82, 2.24) is 69.8 Å². The van der Waals surface area contributed by atoms with Crippen molar-refractivity contribution in [3.63, 3.8) is 0 Å². The number of nitriles is 1. The predicted molar refractivity (Wildman–Crippen MR) is 321 cm³/mol. The smallest absolute Gasteiger partial charge is 0.289 e. The lowest BCUT2D eigenvalue weighted by Gasteiger charge is -2.10. The van der Waals surface area contributed by atoms with E-state index in [0.717, 1.165) is 77.9 Å². The summed E-state index contributed by atoms with van der Waals surface area (Å²) in [5, 5.41) is 13.9. The summed E-state index contributed by atoms with van der Waals surface area (Å²) < 4.78 is 26.3. The summed E-state index contributed by atoms with van der Waals surface area (Å²) in [7, 11) is 0. The zero-order valence-corrected chi connectivity index (χ0v) is 48.8. The SMILES string of the molecule is CC(C)c1c(C#N)cnc2ccccc12.CC(C)c1c(F)ccc2ccccc12.CC(C)c1ccnc2ccccc12.CC(C)c1ncnc2nc(Cl)[nH]c12.CC(C)c1ncnc2nc(F)[nH]c12.Cc1nc2ncnc(C(C)C)c2[nH]1. The molecule has 12 aromatic rings. The highest BCUT2D eigenvalue weighted by molar-refractivity contribution is 6.29. The van der Waals surface area contributed by atoms with Crippen molar-refractivity contribution in [3.8, 4) is 6.07 Å². The van der Waals surface area contributed by atoms with Crippen molar-refractivity contribution in [2.75, 3.05) is 0 Å². The quantitative estimate of drug-likeness (QED) is 0.133. The van der Waals surface area contributed by atoms with Crippen LogP contribution in [-0.4, -0.2) is 69.8 Å². The molecule has 8 heterocycles. The first-order chi connectivity index (χ1) is 38.8. The normalized spacial score (nSPS) is 11.1. The standard InChI is InChI=1S/C13H13F.C13H12N2.C12H13N.C9H12N4.C8H9ClN4.C8H9FN4/c1-9(2)13-11-6-4-3-5-10(11)7-8-12(13)14;1-9(2)13-10(7-14)8-15-12-6-4-3-5-11(12)13;1-9(2)10-7-8-13-12-6-4-3-5-11(10)12;1-5(2)7-8-9(11-4-10-7)13-6(3)12-8;2*1-4(2)5-6-7(11-3-10-5)13-8(9)12-6/h3-9H,1-2H3;3-6,8-9H,1-2H3;3-9H,1-2H3;4-5H,1-3H3,(H,10,11,12,13);2*3-4H,1-2H3,(H,10,11,12,13). The second-order valence-corrected chi connectivity index (χ2v) is 21.4. The fourth-order valence-corrected chi connectivity index (χ4v) is 9.44. The summed E-state index contributed by atoms with van der Waals surface area (Å²) in [5.41, 5.74) is 13.0. The van der Waals surface area contributed by atoms with Crippen molar-refractivity contribution in [3.05, 3.63) is 185 Å². The maximum atomic E-state index is 13.6. The summed E-state index contributed by atoms with van der Waals surface area (Å²) in [5.74, 6) is 2.87. The first kappa shape index (κ1) is 59.9. The number of halogens is 3. The Balaban J connectivity index is 0.000000140. The van der Waals surface area contributed by atoms with Gasteiger partial charge in [0, 0.05) is 23.2 Å². The van der Waals surface area contributed by atoms with E-state index in [1.54, 1.807) is 18.6 Å². The number of fused-ring (bicyclic) bond motifs is 6. The topological polar surface area (TPSA) is 213 Å². The minimum Gasteiger partial charge on any atom is -0.339 e. The highest BCUT2D eigenvalue weighted by Gasteiger charge is 2.15. The Morgan fingerprint density at radius 1 is 0.469 bits per heavy atom. The highest BCUT2D eigenvalue weighted by atomic mass is 35.5. The van der Waals surface area contributed by atoms with Crippen molar-refractivity contribution in [2.45, 2.75) is 126 Å². The molecule has 0 aliphatic rings. The molecule has 12 rings (SSSR count). The number of para-hydroxylation sites is 2. The van der Waals surface area contributed by atoms with Gasteiger partial charge in [-0.2, -0.15) is 19.6 Å². The molecule has 0 atom stereocenters. The molecule has 3 N–H and O–H groups in total. The minimum absolute atomic E-state index is 0.0984. The summed E-state index contributed by atoms with van der Waals surface area (Å²) >= 11 is 5.73. The van der Waals surface area contributed by atoms with Crippen molar-refractivity contribution < 1.29 is 8.78 Å². The number of rotatable bonds is 6. The van der Waals surface area contributed by atoms with E-state index < -0.39 is 6.08 Å². The van der Waals surface area contributed by atoms with Gasteiger partial charge in [-0.05, 0) is 106 Å². The van der Waals surface area contributed by atoms with Crippen LogP contribution in [0.4, 0.5) is 8.78 Å². The average Bonchev–Trinajstić information content (AvgIpc) is 4.20. The van der Waals surface area contributed by atoms with Crippen molar-refractivity contribution in [1.29, 1.82) is 5.26 Å². The van der Waals surface area contributed by atoms with Gasteiger partial charge in [0.05, 0.1) is 33.7 Å². The number of pyridine rings is 2. The van der Waals surface area contributed by atoms with Crippen LogP contribution in [0.2, 0.25) is 5.28 Å². The summed E-state index contributed by atoms with van der Waals surface area (Å²) in [6.07, 6.45) is 7.41. The Morgan fingerprint density at radius 2 is 0.963 bits per heavy atom. The molecule has 0 radical (unpaired) electrons. The first-order valence-electron chi connectivity index (χ1n) is 27.0. The molecule has 0 aliphatic carbocycles. The molecule has 0 aliphatic heterocycles. The van der Waals surface area contributed by atoms with Gasteiger partial charge in [0.1, 0.15) is 53.2 Å². The van der Waals surface area contributed by atoms with Gasteiger partial charge in [0.15, 0.2) is 16.9 Å². The Kier molecular flexibility index (Phi) is 20.3. The number of nitrogens with one attached hydrogen (secondary N) is 3. The van der Waals surface area contributed by atoms with Crippen LogP contribution in [0.5, 0.6) is 0 Å². The van der Waals surface area contributed by atoms with Gasteiger partial charge in [-0.3, -0.25) is 9.97 Å². The average molecular weight is 1110 g/mol. The highest BCUT2D eigenvalue weighted by Crippen LogP contribution is 2.30. The van der Waals surface area contributed by atoms with Crippen LogP contribution in [0.15, 0.2) is 122 Å². The molecule has 0 saturated carbocycles. The number of aromatic amines is 3. The molecule has 0 spiro atoms. The van der Waals surface area contributed by atoms with Crippen LogP contribution in [0.1, 0.15) is 164 Å². The second-order valence-electron chi connectivity index (χ2n) is 21.0. The van der Waals surface area contributed by atoms with Gasteiger partial charge in [0.25, 0.3) is 6.08 Å². The third-order valence-corrected chi connectivity index (χ3v) is 13.1. The maximum absolute atomic E-state index is 13.6. The number of aryl methyl sites for hydroxylation is 1. The van der Waals surface area contributed by atoms with E-state index in [0.29, 0.717) is 51.3 Å². The Bertz CT molecular complexity index is 3880. The van der Waals surface area contributed by atoms with Crippen LogP contribution in [-0.2, 0) is 0 Å². The molecule has 0 fully saturated rings. The summed E-state index contributed by atoms with van der Waals surface area (Å²) in [6, 6.07) is 31.9. The lowest BCUT2D eigenvalue weighted by molar-refractivity contribution is 0.555. The molecular formula is C63H68ClF2N15. The van der Waals surface area contributed by atoms with Crippen LogP contribution in [0.3, 0.4) is 0 Å². The van der Waals surface area contributed by atoms with Gasteiger partial charge in [-0.1, -0.05) is 150 Å². The molecule has 15 nitrogen and oxygen atoms in total.